The number of hydrogen-bond acceptors (Lipinski definition) is 5. The minimum Gasteiger partial charge on any atom is -0.464 e. The smallest absolute Gasteiger partial charge is 0.249 e. The number of amides is 1. The van der Waals surface area contributed by atoms with Gasteiger partial charge in [-0.2, -0.15) is 0 Å². The number of aryl methyl sites for hydroxylation is 1. The summed E-state index contributed by atoms with van der Waals surface area (Å²) >= 11 is 0. The molecule has 1 aliphatic heterocycles. The van der Waals surface area contributed by atoms with Crippen molar-refractivity contribution in [1.82, 2.24) is 0 Å². The molecular weight excluding hydrogens is 332 g/mol. The Morgan fingerprint density at radius 2 is 1.96 bits per heavy atom. The summed E-state index contributed by atoms with van der Waals surface area (Å²) in [5, 5.41) is 2.08. The lowest BCUT2D eigenvalue weighted by Crippen LogP contribution is -2.30. The van der Waals surface area contributed by atoms with Crippen LogP contribution in [-0.4, -0.2) is 12.0 Å². The third-order valence-electron chi connectivity index (χ3n) is 4.60. The SMILES string of the molecule is Cc1ccc2occ([C@@H]3C[C@H](C(N)=O)ON3c3ccccc3)c(=O)c2c1. The standard InChI is InChI=1S/C20H18N2O4/c1-12-7-8-17-14(9-12)19(23)15(11-25-17)16-10-18(20(21)24)26-22(16)13-5-3-2-4-6-13/h2-9,11,16,18H,10H2,1H3,(H2,21,24)/t16-,18+/m0/s1. The van der Waals surface area contributed by atoms with Crippen molar-refractivity contribution in [1.29, 1.82) is 0 Å². The van der Waals surface area contributed by atoms with Crippen molar-refractivity contribution in [2.24, 2.45) is 5.73 Å². The van der Waals surface area contributed by atoms with Gasteiger partial charge in [0.1, 0.15) is 11.8 Å². The molecule has 3 aromatic rings. The van der Waals surface area contributed by atoms with E-state index in [9.17, 15) is 9.59 Å². The van der Waals surface area contributed by atoms with Crippen molar-refractivity contribution >= 4 is 22.6 Å². The first kappa shape index (κ1) is 16.4. The minimum absolute atomic E-state index is 0.130. The zero-order valence-corrected chi connectivity index (χ0v) is 14.2. The maximum Gasteiger partial charge on any atom is 0.249 e. The van der Waals surface area contributed by atoms with Crippen molar-refractivity contribution in [3.8, 4) is 0 Å². The second-order valence-corrected chi connectivity index (χ2v) is 6.43. The number of hydroxylamine groups is 1. The Morgan fingerprint density at radius 3 is 2.69 bits per heavy atom. The van der Waals surface area contributed by atoms with Gasteiger partial charge in [-0.05, 0) is 31.2 Å². The molecule has 6 nitrogen and oxygen atoms in total. The van der Waals surface area contributed by atoms with Gasteiger partial charge in [0, 0.05) is 6.42 Å². The van der Waals surface area contributed by atoms with Gasteiger partial charge >= 0.3 is 0 Å². The Hall–Kier alpha value is -3.12. The van der Waals surface area contributed by atoms with Crippen LogP contribution in [0.25, 0.3) is 11.0 Å². The number of primary amides is 1. The fourth-order valence-electron chi connectivity index (χ4n) is 3.28. The van der Waals surface area contributed by atoms with Gasteiger partial charge in [0.25, 0.3) is 0 Å². The van der Waals surface area contributed by atoms with Crippen LogP contribution in [0.1, 0.15) is 23.6 Å². The number of carbonyl (C=O) groups is 1. The highest BCUT2D eigenvalue weighted by molar-refractivity contribution is 5.80. The van der Waals surface area contributed by atoms with Crippen molar-refractivity contribution in [2.75, 3.05) is 5.06 Å². The summed E-state index contributed by atoms with van der Waals surface area (Å²) in [4.78, 5) is 30.5. The zero-order valence-electron chi connectivity index (χ0n) is 14.2. The van der Waals surface area contributed by atoms with E-state index >= 15 is 0 Å². The van der Waals surface area contributed by atoms with Gasteiger partial charge < -0.3 is 10.2 Å². The molecule has 2 heterocycles. The van der Waals surface area contributed by atoms with Gasteiger partial charge in [0.2, 0.25) is 5.91 Å². The number of benzene rings is 2. The van der Waals surface area contributed by atoms with Crippen molar-refractivity contribution in [3.63, 3.8) is 0 Å². The van der Waals surface area contributed by atoms with Gasteiger partial charge in [0.05, 0.1) is 22.7 Å². The first-order chi connectivity index (χ1) is 12.5. The molecule has 1 saturated heterocycles. The summed E-state index contributed by atoms with van der Waals surface area (Å²) < 4.78 is 5.67. The van der Waals surface area contributed by atoms with Crippen LogP contribution in [0, 0.1) is 6.92 Å². The molecule has 0 aliphatic carbocycles. The molecule has 0 radical (unpaired) electrons. The fraction of sp³-hybridized carbons (Fsp3) is 0.200. The third-order valence-corrected chi connectivity index (χ3v) is 4.60. The van der Waals surface area contributed by atoms with E-state index in [1.807, 2.05) is 43.3 Å². The second kappa shape index (κ2) is 6.31. The van der Waals surface area contributed by atoms with E-state index in [-0.39, 0.29) is 11.8 Å². The highest BCUT2D eigenvalue weighted by Crippen LogP contribution is 2.37. The van der Waals surface area contributed by atoms with Crippen LogP contribution in [0.4, 0.5) is 5.69 Å². The Labute approximate surface area is 149 Å². The molecule has 0 unspecified atom stereocenters. The summed E-state index contributed by atoms with van der Waals surface area (Å²) in [6, 6.07) is 14.3. The number of anilines is 1. The lowest BCUT2D eigenvalue weighted by Gasteiger charge is -2.24. The molecule has 0 spiro atoms. The van der Waals surface area contributed by atoms with E-state index < -0.39 is 18.1 Å². The van der Waals surface area contributed by atoms with E-state index in [4.69, 9.17) is 15.0 Å². The minimum atomic E-state index is -0.798. The number of carbonyl (C=O) groups excluding carboxylic acids is 1. The fourth-order valence-corrected chi connectivity index (χ4v) is 3.28. The van der Waals surface area contributed by atoms with Gasteiger partial charge in [-0.15, -0.1) is 0 Å². The summed E-state index contributed by atoms with van der Waals surface area (Å²) in [5.41, 5.74) is 7.99. The average molecular weight is 350 g/mol. The van der Waals surface area contributed by atoms with Crippen molar-refractivity contribution in [3.05, 3.63) is 76.1 Å². The molecule has 6 heteroatoms. The Morgan fingerprint density at radius 1 is 1.19 bits per heavy atom. The monoisotopic (exact) mass is 350 g/mol. The Bertz CT molecular complexity index is 1030. The molecule has 2 atom stereocenters. The average Bonchev–Trinajstić information content (AvgIpc) is 3.09. The molecule has 1 aliphatic rings. The highest BCUT2D eigenvalue weighted by atomic mass is 16.7. The first-order valence-corrected chi connectivity index (χ1v) is 8.37. The molecule has 1 aromatic heterocycles. The number of nitrogens with zero attached hydrogens (tertiary/aromatic N) is 1. The normalized spacial score (nSPS) is 19.8. The van der Waals surface area contributed by atoms with E-state index in [2.05, 4.69) is 0 Å². The van der Waals surface area contributed by atoms with E-state index in [0.29, 0.717) is 16.5 Å². The second-order valence-electron chi connectivity index (χ2n) is 6.43. The van der Waals surface area contributed by atoms with Crippen LogP contribution in [0.2, 0.25) is 0 Å². The van der Waals surface area contributed by atoms with Crippen LogP contribution in [0.5, 0.6) is 0 Å². The summed E-state index contributed by atoms with van der Waals surface area (Å²) in [5.74, 6) is -0.561. The molecule has 2 N–H and O–H groups in total. The largest absolute Gasteiger partial charge is 0.464 e. The maximum atomic E-state index is 13.1. The number of nitrogens with two attached hydrogens (primary N) is 1. The lowest BCUT2D eigenvalue weighted by molar-refractivity contribution is -0.127. The van der Waals surface area contributed by atoms with Crippen LogP contribution < -0.4 is 16.2 Å². The molecule has 4 rings (SSSR count). The summed E-state index contributed by atoms with van der Waals surface area (Å²) in [6.45, 7) is 1.92. The number of para-hydroxylation sites is 1. The molecule has 0 bridgehead atoms. The zero-order chi connectivity index (χ0) is 18.3. The molecule has 1 amide bonds. The molecule has 1 fully saturated rings. The van der Waals surface area contributed by atoms with Crippen molar-refractivity contribution in [2.45, 2.75) is 25.5 Å². The topological polar surface area (TPSA) is 85.8 Å². The van der Waals surface area contributed by atoms with Crippen LogP contribution >= 0.6 is 0 Å². The van der Waals surface area contributed by atoms with Crippen LogP contribution in [0.3, 0.4) is 0 Å². The molecule has 2 aromatic carbocycles. The first-order valence-electron chi connectivity index (χ1n) is 8.37. The molecule has 26 heavy (non-hydrogen) atoms. The highest BCUT2D eigenvalue weighted by Gasteiger charge is 2.39. The number of fused-ring (bicyclic) bond motifs is 1. The van der Waals surface area contributed by atoms with E-state index in [1.165, 1.54) is 6.26 Å². The van der Waals surface area contributed by atoms with Gasteiger partial charge in [0.15, 0.2) is 11.5 Å². The Kier molecular flexibility index (Phi) is 3.97. The quantitative estimate of drug-likeness (QED) is 0.785. The van der Waals surface area contributed by atoms with Crippen LogP contribution in [0.15, 0.2) is 64.0 Å². The molecule has 0 saturated carbocycles. The molecular formula is C20H18N2O4. The lowest BCUT2D eigenvalue weighted by atomic mass is 10.0. The van der Waals surface area contributed by atoms with Gasteiger partial charge in [-0.25, -0.2) is 5.06 Å². The van der Waals surface area contributed by atoms with Gasteiger partial charge in [-0.3, -0.25) is 14.4 Å². The van der Waals surface area contributed by atoms with E-state index in [1.54, 1.807) is 17.2 Å². The van der Waals surface area contributed by atoms with E-state index in [0.717, 1.165) is 11.3 Å². The Balaban J connectivity index is 1.84. The van der Waals surface area contributed by atoms with Crippen LogP contribution in [-0.2, 0) is 9.63 Å². The van der Waals surface area contributed by atoms with Gasteiger partial charge in [-0.1, -0.05) is 29.8 Å². The van der Waals surface area contributed by atoms with Crippen molar-refractivity contribution < 1.29 is 14.0 Å². The number of hydrogen-bond donors (Lipinski definition) is 1. The predicted molar refractivity (Wildman–Crippen MR) is 97.6 cm³/mol. The maximum absolute atomic E-state index is 13.1. The summed E-state index contributed by atoms with van der Waals surface area (Å²) in [6.07, 6.45) is 0.937. The molecule has 132 valence electrons. The number of rotatable bonds is 3. The predicted octanol–water partition coefficient (Wildman–Crippen LogP) is 2.84. The summed E-state index contributed by atoms with van der Waals surface area (Å²) in [7, 11) is 0. The third kappa shape index (κ3) is 2.74.